The Balaban J connectivity index is 3.79. The average molecular weight is 550 g/mol. The topological polar surface area (TPSA) is 67.8 Å². The molecule has 0 aliphatic heterocycles. The van der Waals surface area contributed by atoms with Crippen molar-refractivity contribution < 1.29 is 19.4 Å². The van der Waals surface area contributed by atoms with Crippen LogP contribution < -0.4 is 5.32 Å². The Labute approximate surface area is 241 Å². The lowest BCUT2D eigenvalue weighted by atomic mass is 10.1. The zero-order chi connectivity index (χ0) is 28.8. The molecule has 1 unspecified atom stereocenters. The molecule has 0 fully saturated rings. The van der Waals surface area contributed by atoms with E-state index in [2.05, 4.69) is 57.3 Å². The highest BCUT2D eigenvalue weighted by Crippen LogP contribution is 2.11. The molecule has 0 saturated carbocycles. The molecule has 1 atom stereocenters. The number of ether oxygens (including phenoxy) is 2. The van der Waals surface area contributed by atoms with Crippen LogP contribution in [-0.4, -0.2) is 43.7 Å². The van der Waals surface area contributed by atoms with E-state index in [1.165, 1.54) is 88.2 Å². The predicted molar refractivity (Wildman–Crippen MR) is 167 cm³/mol. The van der Waals surface area contributed by atoms with Crippen LogP contribution in [0.15, 0.2) is 35.5 Å². The molecule has 0 aliphatic rings. The number of alkyl carbamates (subject to hydrolysis) is 1. The number of amides is 1. The quantitative estimate of drug-likeness (QED) is 0.0790. The van der Waals surface area contributed by atoms with Crippen molar-refractivity contribution in [2.45, 2.75) is 149 Å². The number of hydrogen-bond donors (Lipinski definition) is 2. The molecule has 2 N–H and O–H groups in total. The van der Waals surface area contributed by atoms with Crippen molar-refractivity contribution in [2.75, 3.05) is 26.4 Å². The summed E-state index contributed by atoms with van der Waals surface area (Å²) in [4.78, 5) is 12.2. The van der Waals surface area contributed by atoms with Crippen LogP contribution in [0.25, 0.3) is 0 Å². The zero-order valence-corrected chi connectivity index (χ0v) is 26.1. The van der Waals surface area contributed by atoms with Gasteiger partial charge in [-0.2, -0.15) is 0 Å². The minimum atomic E-state index is -0.386. The molecule has 0 heterocycles. The molecule has 0 aromatic carbocycles. The van der Waals surface area contributed by atoms with Gasteiger partial charge in [-0.15, -0.1) is 0 Å². The number of aliphatic hydroxyl groups excluding tert-OH is 1. The Hall–Kier alpha value is -1.59. The smallest absolute Gasteiger partial charge is 0.407 e. The van der Waals surface area contributed by atoms with Crippen molar-refractivity contribution in [3.8, 4) is 0 Å². The van der Waals surface area contributed by atoms with Crippen LogP contribution in [0.4, 0.5) is 4.79 Å². The van der Waals surface area contributed by atoms with Gasteiger partial charge in [0.2, 0.25) is 0 Å². The lowest BCUT2D eigenvalue weighted by molar-refractivity contribution is 0.0215. The van der Waals surface area contributed by atoms with E-state index >= 15 is 0 Å². The first-order valence-corrected chi connectivity index (χ1v) is 16.1. The normalized spacial score (nSPS) is 12.6. The minimum Gasteiger partial charge on any atom is -0.444 e. The average Bonchev–Trinajstić information content (AvgIpc) is 2.91. The number of nitrogens with one attached hydrogen (secondary N) is 1. The standard InChI is InChI=1S/C34H63NO4/c1-5-6-7-8-9-10-11-12-13-14-15-16-17-18-19-20-27-35-34(37)39-33(25-22-28-36)30-38-29-26-32(4)24-21-23-31(2)3/h12-13,23,26,33,36H,5-11,14-22,24-25,27-30H2,1-4H3,(H,35,37). The highest BCUT2D eigenvalue weighted by molar-refractivity contribution is 5.67. The summed E-state index contributed by atoms with van der Waals surface area (Å²) < 4.78 is 11.3. The summed E-state index contributed by atoms with van der Waals surface area (Å²) >= 11 is 0. The molecule has 0 radical (unpaired) electrons. The summed E-state index contributed by atoms with van der Waals surface area (Å²) in [6, 6.07) is 0. The molecule has 0 saturated heterocycles. The van der Waals surface area contributed by atoms with Crippen LogP contribution in [-0.2, 0) is 9.47 Å². The summed E-state index contributed by atoms with van der Waals surface area (Å²) in [6.45, 7) is 10.2. The van der Waals surface area contributed by atoms with Crippen molar-refractivity contribution in [1.82, 2.24) is 5.32 Å². The number of hydrogen-bond acceptors (Lipinski definition) is 4. The molecular formula is C34H63NO4. The third kappa shape index (κ3) is 29.2. The van der Waals surface area contributed by atoms with E-state index in [1.54, 1.807) is 0 Å². The van der Waals surface area contributed by atoms with Gasteiger partial charge in [-0.3, -0.25) is 0 Å². The van der Waals surface area contributed by atoms with Gasteiger partial charge in [0.1, 0.15) is 6.10 Å². The second-order valence-electron chi connectivity index (χ2n) is 11.2. The van der Waals surface area contributed by atoms with Gasteiger partial charge in [0.05, 0.1) is 13.2 Å². The maximum Gasteiger partial charge on any atom is 0.407 e. The van der Waals surface area contributed by atoms with Gasteiger partial charge in [0.15, 0.2) is 0 Å². The molecule has 0 bridgehead atoms. The largest absolute Gasteiger partial charge is 0.444 e. The van der Waals surface area contributed by atoms with Gasteiger partial charge >= 0.3 is 6.09 Å². The van der Waals surface area contributed by atoms with Gasteiger partial charge in [0, 0.05) is 13.2 Å². The fourth-order valence-electron chi connectivity index (χ4n) is 4.34. The molecule has 5 nitrogen and oxygen atoms in total. The van der Waals surface area contributed by atoms with Gasteiger partial charge in [-0.05, 0) is 78.6 Å². The van der Waals surface area contributed by atoms with Crippen LogP contribution in [0.5, 0.6) is 0 Å². The van der Waals surface area contributed by atoms with E-state index in [1.807, 2.05) is 0 Å². The zero-order valence-electron chi connectivity index (χ0n) is 26.1. The molecule has 228 valence electrons. The molecule has 0 rings (SSSR count). The van der Waals surface area contributed by atoms with Crippen molar-refractivity contribution in [2.24, 2.45) is 0 Å². The van der Waals surface area contributed by atoms with E-state index in [9.17, 15) is 4.79 Å². The number of rotatable bonds is 27. The number of aliphatic hydroxyl groups is 1. The fourth-order valence-corrected chi connectivity index (χ4v) is 4.34. The van der Waals surface area contributed by atoms with Gasteiger partial charge < -0.3 is 19.9 Å². The Morgan fingerprint density at radius 1 is 0.795 bits per heavy atom. The summed E-state index contributed by atoms with van der Waals surface area (Å²) in [6.07, 6.45) is 29.4. The van der Waals surface area contributed by atoms with E-state index in [0.717, 1.165) is 25.7 Å². The van der Waals surface area contributed by atoms with Crippen LogP contribution in [0.3, 0.4) is 0 Å². The summed E-state index contributed by atoms with van der Waals surface area (Å²) in [5.74, 6) is 0. The van der Waals surface area contributed by atoms with Gasteiger partial charge in [-0.25, -0.2) is 4.79 Å². The third-order valence-electron chi connectivity index (χ3n) is 6.86. The highest BCUT2D eigenvalue weighted by Gasteiger charge is 2.14. The summed E-state index contributed by atoms with van der Waals surface area (Å²) in [7, 11) is 0. The van der Waals surface area contributed by atoms with E-state index in [-0.39, 0.29) is 18.8 Å². The second-order valence-corrected chi connectivity index (χ2v) is 11.2. The lowest BCUT2D eigenvalue weighted by Crippen LogP contribution is -2.32. The number of carbonyl (C=O) groups is 1. The van der Waals surface area contributed by atoms with Crippen LogP contribution in [0.1, 0.15) is 143 Å². The molecule has 5 heteroatoms. The minimum absolute atomic E-state index is 0.0837. The second kappa shape index (κ2) is 29.4. The summed E-state index contributed by atoms with van der Waals surface area (Å²) in [5, 5.41) is 12.0. The number of unbranched alkanes of at least 4 members (excludes halogenated alkanes) is 12. The maximum absolute atomic E-state index is 12.2. The first-order chi connectivity index (χ1) is 19.0. The van der Waals surface area contributed by atoms with Gasteiger partial charge in [-0.1, -0.05) is 100 Å². The lowest BCUT2D eigenvalue weighted by Gasteiger charge is -2.18. The van der Waals surface area contributed by atoms with Crippen LogP contribution >= 0.6 is 0 Å². The van der Waals surface area contributed by atoms with Crippen LogP contribution in [0.2, 0.25) is 0 Å². The van der Waals surface area contributed by atoms with Gasteiger partial charge in [0.25, 0.3) is 0 Å². The van der Waals surface area contributed by atoms with Crippen molar-refractivity contribution in [1.29, 1.82) is 0 Å². The van der Waals surface area contributed by atoms with E-state index in [0.29, 0.717) is 32.6 Å². The SMILES string of the molecule is CCCCCCCCC=CCCCCCCCCNC(=O)OC(CCCO)COCC=C(C)CCC=C(C)C. The maximum atomic E-state index is 12.2. The Morgan fingerprint density at radius 2 is 1.41 bits per heavy atom. The predicted octanol–water partition coefficient (Wildman–Crippen LogP) is 9.60. The Kier molecular flexibility index (Phi) is 28.2. The van der Waals surface area contributed by atoms with Crippen molar-refractivity contribution in [3.63, 3.8) is 0 Å². The highest BCUT2D eigenvalue weighted by atomic mass is 16.6. The molecule has 0 spiro atoms. The molecule has 0 aromatic rings. The fraction of sp³-hybridized carbons (Fsp3) is 0.794. The monoisotopic (exact) mass is 549 g/mol. The van der Waals surface area contributed by atoms with Crippen molar-refractivity contribution in [3.05, 3.63) is 35.5 Å². The Bertz CT molecular complexity index is 637. The molecule has 1 amide bonds. The molecule has 39 heavy (non-hydrogen) atoms. The Morgan fingerprint density at radius 3 is 2.03 bits per heavy atom. The molecule has 0 aromatic heterocycles. The third-order valence-corrected chi connectivity index (χ3v) is 6.86. The number of allylic oxidation sites excluding steroid dienone is 5. The summed E-state index contributed by atoms with van der Waals surface area (Å²) in [5.41, 5.74) is 2.64. The van der Waals surface area contributed by atoms with Crippen molar-refractivity contribution >= 4 is 6.09 Å². The molecular weight excluding hydrogens is 486 g/mol. The first kappa shape index (κ1) is 37.4. The van der Waals surface area contributed by atoms with E-state index in [4.69, 9.17) is 14.6 Å². The molecule has 0 aliphatic carbocycles. The number of carbonyl (C=O) groups excluding carboxylic acids is 1. The first-order valence-electron chi connectivity index (χ1n) is 16.1. The van der Waals surface area contributed by atoms with E-state index < -0.39 is 0 Å². The van der Waals surface area contributed by atoms with Crippen LogP contribution in [0, 0.1) is 0 Å².